The number of carboxylic acids is 1. The average Bonchev–Trinajstić information content (AvgIpc) is 2.77. The van der Waals surface area contributed by atoms with Gasteiger partial charge < -0.3 is 5.11 Å². The molecule has 1 fully saturated rings. The number of hydrogen-bond donors (Lipinski definition) is 1. The second-order valence-electron chi connectivity index (χ2n) is 4.93. The fourth-order valence-electron chi connectivity index (χ4n) is 2.33. The van der Waals surface area contributed by atoms with Crippen molar-refractivity contribution in [3.63, 3.8) is 0 Å². The monoisotopic (exact) mass is 268 g/mol. The van der Waals surface area contributed by atoms with Crippen LogP contribution < -0.4 is 0 Å². The number of rotatable bonds is 5. The third kappa shape index (κ3) is 3.78. The summed E-state index contributed by atoms with van der Waals surface area (Å²) in [4.78, 5) is 18.5. The Bertz CT molecular complexity index is 405. The first-order chi connectivity index (χ1) is 8.65. The number of likely N-dealkylation sites (tertiary alicyclic amines) is 1. The quantitative estimate of drug-likeness (QED) is 0.891. The molecule has 0 bridgehead atoms. The number of carboxylic acid groups (broad SMARTS) is 1. The number of thiazole rings is 1. The van der Waals surface area contributed by atoms with Crippen LogP contribution in [-0.2, 0) is 17.8 Å². The molecule has 1 saturated heterocycles. The van der Waals surface area contributed by atoms with Crippen molar-refractivity contribution in [2.45, 2.75) is 51.6 Å². The van der Waals surface area contributed by atoms with Crippen LogP contribution in [0.25, 0.3) is 0 Å². The Hall–Kier alpha value is -0.940. The highest BCUT2D eigenvalue weighted by molar-refractivity contribution is 7.11. The van der Waals surface area contributed by atoms with Crippen LogP contribution in [0.1, 0.15) is 42.5 Å². The zero-order valence-electron chi connectivity index (χ0n) is 10.8. The van der Waals surface area contributed by atoms with Crippen LogP contribution in [0.5, 0.6) is 0 Å². The Morgan fingerprint density at radius 3 is 3.17 bits per heavy atom. The van der Waals surface area contributed by atoms with Gasteiger partial charge in [-0.2, -0.15) is 0 Å². The second-order valence-corrected chi connectivity index (χ2v) is 6.13. The standard InChI is InChI=1S/C13H20N2O2S/c1-10-4-2-3-7-15(10)9-12-14-8-11(18-12)5-6-13(16)17/h8,10H,2-7,9H2,1H3,(H,16,17). The molecule has 4 nitrogen and oxygen atoms in total. The summed E-state index contributed by atoms with van der Waals surface area (Å²) in [6.45, 7) is 4.35. The van der Waals surface area contributed by atoms with Crippen molar-refractivity contribution in [1.82, 2.24) is 9.88 Å². The predicted octanol–water partition coefficient (Wildman–Crippen LogP) is 2.53. The minimum absolute atomic E-state index is 0.196. The number of aromatic nitrogens is 1. The van der Waals surface area contributed by atoms with E-state index in [9.17, 15) is 4.79 Å². The topological polar surface area (TPSA) is 53.4 Å². The van der Waals surface area contributed by atoms with Crippen molar-refractivity contribution in [3.05, 3.63) is 16.1 Å². The molecule has 0 aromatic carbocycles. The predicted molar refractivity (Wildman–Crippen MR) is 71.8 cm³/mol. The van der Waals surface area contributed by atoms with Crippen LogP contribution in [0.2, 0.25) is 0 Å². The number of nitrogens with zero attached hydrogens (tertiary/aromatic N) is 2. The van der Waals surface area contributed by atoms with Gasteiger partial charge in [0.15, 0.2) is 0 Å². The van der Waals surface area contributed by atoms with Gasteiger partial charge in [-0.3, -0.25) is 9.69 Å². The van der Waals surface area contributed by atoms with Crippen LogP contribution in [0, 0.1) is 0 Å². The van der Waals surface area contributed by atoms with Crippen LogP contribution in [0.4, 0.5) is 0 Å². The molecule has 0 spiro atoms. The molecule has 2 heterocycles. The fourth-order valence-corrected chi connectivity index (χ4v) is 3.28. The smallest absolute Gasteiger partial charge is 0.303 e. The molecular formula is C13H20N2O2S. The van der Waals surface area contributed by atoms with E-state index < -0.39 is 5.97 Å². The van der Waals surface area contributed by atoms with Crippen LogP contribution in [0.3, 0.4) is 0 Å². The molecule has 1 N–H and O–H groups in total. The molecular weight excluding hydrogens is 248 g/mol. The van der Waals surface area contributed by atoms with Gasteiger partial charge in [0.25, 0.3) is 0 Å². The lowest BCUT2D eigenvalue weighted by molar-refractivity contribution is -0.136. The maximum atomic E-state index is 10.5. The Kier molecular flexibility index (Phi) is 4.72. The minimum Gasteiger partial charge on any atom is -0.481 e. The van der Waals surface area contributed by atoms with E-state index in [0.717, 1.165) is 23.0 Å². The number of hydrogen-bond acceptors (Lipinski definition) is 4. The van der Waals surface area contributed by atoms with Gasteiger partial charge in [-0.25, -0.2) is 4.98 Å². The lowest BCUT2D eigenvalue weighted by Crippen LogP contribution is -2.36. The molecule has 100 valence electrons. The van der Waals surface area contributed by atoms with Crippen molar-refractivity contribution in [2.24, 2.45) is 0 Å². The molecule has 1 aliphatic rings. The van der Waals surface area contributed by atoms with Crippen molar-refractivity contribution < 1.29 is 9.90 Å². The number of piperidine rings is 1. The van der Waals surface area contributed by atoms with Crippen molar-refractivity contribution in [1.29, 1.82) is 0 Å². The summed E-state index contributed by atoms with van der Waals surface area (Å²) in [5.74, 6) is -0.741. The Morgan fingerprint density at radius 2 is 2.44 bits per heavy atom. The van der Waals surface area contributed by atoms with E-state index in [1.54, 1.807) is 11.3 Å². The normalized spacial score (nSPS) is 21.1. The first-order valence-corrected chi connectivity index (χ1v) is 7.36. The van der Waals surface area contributed by atoms with Crippen molar-refractivity contribution >= 4 is 17.3 Å². The summed E-state index contributed by atoms with van der Waals surface area (Å²) < 4.78 is 0. The van der Waals surface area contributed by atoms with Crippen LogP contribution in [-0.4, -0.2) is 33.5 Å². The third-order valence-electron chi connectivity index (χ3n) is 3.47. The highest BCUT2D eigenvalue weighted by Crippen LogP contribution is 2.22. The van der Waals surface area contributed by atoms with Crippen molar-refractivity contribution in [2.75, 3.05) is 6.54 Å². The number of aliphatic carboxylic acids is 1. The SMILES string of the molecule is CC1CCCCN1Cc1ncc(CCC(=O)O)s1. The van der Waals surface area contributed by atoms with E-state index in [1.807, 2.05) is 6.20 Å². The van der Waals surface area contributed by atoms with E-state index in [0.29, 0.717) is 12.5 Å². The second kappa shape index (κ2) is 6.29. The summed E-state index contributed by atoms with van der Waals surface area (Å²) in [6, 6.07) is 0.644. The van der Waals surface area contributed by atoms with E-state index >= 15 is 0 Å². The summed E-state index contributed by atoms with van der Waals surface area (Å²) in [7, 11) is 0. The van der Waals surface area contributed by atoms with Gasteiger partial charge in [0.2, 0.25) is 0 Å². The summed E-state index contributed by atoms with van der Waals surface area (Å²) in [6.07, 6.45) is 6.51. The van der Waals surface area contributed by atoms with Crippen molar-refractivity contribution in [3.8, 4) is 0 Å². The highest BCUT2D eigenvalue weighted by atomic mass is 32.1. The first-order valence-electron chi connectivity index (χ1n) is 6.54. The number of carbonyl (C=O) groups is 1. The Morgan fingerprint density at radius 1 is 1.61 bits per heavy atom. The minimum atomic E-state index is -0.741. The van der Waals surface area contributed by atoms with Gasteiger partial charge in [0.1, 0.15) is 5.01 Å². The lowest BCUT2D eigenvalue weighted by atomic mass is 10.0. The zero-order chi connectivity index (χ0) is 13.0. The van der Waals surface area contributed by atoms with E-state index in [-0.39, 0.29) is 6.42 Å². The molecule has 0 saturated carbocycles. The van der Waals surface area contributed by atoms with Gasteiger partial charge in [-0.15, -0.1) is 11.3 Å². The van der Waals surface area contributed by atoms with E-state index in [1.165, 1.54) is 19.3 Å². The molecule has 5 heteroatoms. The van der Waals surface area contributed by atoms with Gasteiger partial charge in [0.05, 0.1) is 13.0 Å². The third-order valence-corrected chi connectivity index (χ3v) is 4.51. The molecule has 1 unspecified atom stereocenters. The molecule has 18 heavy (non-hydrogen) atoms. The molecule has 1 aromatic heterocycles. The van der Waals surface area contributed by atoms with E-state index in [2.05, 4.69) is 16.8 Å². The number of aryl methyl sites for hydroxylation is 1. The maximum absolute atomic E-state index is 10.5. The highest BCUT2D eigenvalue weighted by Gasteiger charge is 2.19. The molecule has 1 atom stereocenters. The van der Waals surface area contributed by atoms with E-state index in [4.69, 9.17) is 5.11 Å². The molecule has 0 radical (unpaired) electrons. The zero-order valence-corrected chi connectivity index (χ0v) is 11.6. The molecule has 1 aliphatic heterocycles. The molecule has 2 rings (SSSR count). The van der Waals surface area contributed by atoms with Gasteiger partial charge in [-0.1, -0.05) is 6.42 Å². The molecule has 0 aliphatic carbocycles. The largest absolute Gasteiger partial charge is 0.481 e. The Labute approximate surface area is 112 Å². The maximum Gasteiger partial charge on any atom is 0.303 e. The first kappa shape index (κ1) is 13.5. The van der Waals surface area contributed by atoms with Crippen LogP contribution in [0.15, 0.2) is 6.20 Å². The van der Waals surface area contributed by atoms with Crippen LogP contribution >= 0.6 is 11.3 Å². The summed E-state index contributed by atoms with van der Waals surface area (Å²) in [5, 5.41) is 9.77. The van der Waals surface area contributed by atoms with Gasteiger partial charge in [0, 0.05) is 17.1 Å². The average molecular weight is 268 g/mol. The fraction of sp³-hybridized carbons (Fsp3) is 0.692. The Balaban J connectivity index is 1.87. The molecule has 0 amide bonds. The van der Waals surface area contributed by atoms with Gasteiger partial charge in [-0.05, 0) is 32.7 Å². The van der Waals surface area contributed by atoms with Gasteiger partial charge >= 0.3 is 5.97 Å². The molecule has 1 aromatic rings. The summed E-state index contributed by atoms with van der Waals surface area (Å²) in [5.41, 5.74) is 0. The summed E-state index contributed by atoms with van der Waals surface area (Å²) >= 11 is 1.65. The lowest BCUT2D eigenvalue weighted by Gasteiger charge is -2.32.